The van der Waals surface area contributed by atoms with E-state index < -0.39 is 5.97 Å². The molecule has 5 N–H and O–H groups in total. The average Bonchev–Trinajstić information content (AvgIpc) is 3.35. The number of nitrogens with zero attached hydrogens (tertiary/aromatic N) is 2. The van der Waals surface area contributed by atoms with Crippen LogP contribution in [0.2, 0.25) is 5.02 Å². The number of aromatic amines is 1. The van der Waals surface area contributed by atoms with E-state index in [4.69, 9.17) is 27.1 Å². The Labute approximate surface area is 222 Å². The van der Waals surface area contributed by atoms with Crippen molar-refractivity contribution in [3.8, 4) is 28.3 Å². The predicted molar refractivity (Wildman–Crippen MR) is 145 cm³/mol. The van der Waals surface area contributed by atoms with Crippen molar-refractivity contribution < 1.29 is 19.0 Å². The number of H-pyrrole nitrogens is 1. The van der Waals surface area contributed by atoms with Crippen molar-refractivity contribution in [3.05, 3.63) is 95.2 Å². The number of aromatic carboxylic acids is 1. The molecule has 0 aliphatic carbocycles. The maximum atomic E-state index is 13.6. The Morgan fingerprint density at radius 2 is 1.87 bits per heavy atom. The van der Waals surface area contributed by atoms with Crippen LogP contribution in [0.15, 0.2) is 72.9 Å². The fourth-order valence-electron chi connectivity index (χ4n) is 4.04. The van der Waals surface area contributed by atoms with Crippen LogP contribution in [0.4, 0.5) is 10.1 Å². The second-order valence-electron chi connectivity index (χ2n) is 8.48. The van der Waals surface area contributed by atoms with E-state index in [1.54, 1.807) is 24.4 Å². The maximum Gasteiger partial charge on any atom is 0.337 e. The zero-order valence-corrected chi connectivity index (χ0v) is 20.8. The smallest absolute Gasteiger partial charge is 0.337 e. The molecule has 192 valence electrons. The molecule has 0 fully saturated rings. The Balaban J connectivity index is 1.51. The van der Waals surface area contributed by atoms with Crippen molar-refractivity contribution in [2.24, 2.45) is 5.73 Å². The summed E-state index contributed by atoms with van der Waals surface area (Å²) in [5.74, 6) is -0.229. The van der Waals surface area contributed by atoms with E-state index in [0.29, 0.717) is 36.1 Å². The van der Waals surface area contributed by atoms with Crippen LogP contribution in [-0.4, -0.2) is 39.2 Å². The summed E-state index contributed by atoms with van der Waals surface area (Å²) in [6.07, 6.45) is 1.66. The van der Waals surface area contributed by atoms with Gasteiger partial charge >= 0.3 is 5.97 Å². The second-order valence-corrected chi connectivity index (χ2v) is 8.89. The fraction of sp³-hybridized carbons (Fsp3) is 0.107. The fourth-order valence-corrected chi connectivity index (χ4v) is 4.24. The lowest BCUT2D eigenvalue weighted by Crippen LogP contribution is -2.10. The van der Waals surface area contributed by atoms with Crippen molar-refractivity contribution in [1.82, 2.24) is 15.0 Å². The molecule has 3 aromatic carbocycles. The molecule has 38 heavy (non-hydrogen) atoms. The van der Waals surface area contributed by atoms with Crippen LogP contribution in [0.25, 0.3) is 33.4 Å². The molecule has 0 spiro atoms. The van der Waals surface area contributed by atoms with Crippen molar-refractivity contribution in [2.45, 2.75) is 6.54 Å². The van der Waals surface area contributed by atoms with Gasteiger partial charge in [0.15, 0.2) is 0 Å². The van der Waals surface area contributed by atoms with Crippen LogP contribution in [0.1, 0.15) is 16.2 Å². The summed E-state index contributed by atoms with van der Waals surface area (Å²) in [4.78, 5) is 24.0. The zero-order valence-electron chi connectivity index (χ0n) is 20.0. The first kappa shape index (κ1) is 25.2. The van der Waals surface area contributed by atoms with Crippen molar-refractivity contribution in [1.29, 1.82) is 0 Å². The minimum absolute atomic E-state index is 0.00314. The van der Waals surface area contributed by atoms with Gasteiger partial charge in [0.25, 0.3) is 0 Å². The molecule has 0 amide bonds. The molecule has 0 aliphatic rings. The summed E-state index contributed by atoms with van der Waals surface area (Å²) in [5, 5.41) is 13.6. The van der Waals surface area contributed by atoms with Crippen LogP contribution in [-0.2, 0) is 6.54 Å². The Hall–Kier alpha value is -4.47. The number of hydrogen-bond donors (Lipinski definition) is 4. The van der Waals surface area contributed by atoms with Crippen molar-refractivity contribution in [3.63, 3.8) is 0 Å². The average molecular weight is 532 g/mol. The van der Waals surface area contributed by atoms with Gasteiger partial charge in [-0.15, -0.1) is 0 Å². The Morgan fingerprint density at radius 3 is 2.63 bits per heavy atom. The van der Waals surface area contributed by atoms with E-state index in [1.807, 2.05) is 24.3 Å². The molecular weight excluding hydrogens is 509 g/mol. The van der Waals surface area contributed by atoms with E-state index in [2.05, 4.69) is 15.3 Å². The number of carboxylic acids is 1. The third-order valence-corrected chi connectivity index (χ3v) is 6.19. The summed E-state index contributed by atoms with van der Waals surface area (Å²) in [6, 6.07) is 18.5. The number of halogens is 2. The van der Waals surface area contributed by atoms with Crippen LogP contribution in [0.5, 0.6) is 5.75 Å². The quantitative estimate of drug-likeness (QED) is 0.191. The van der Waals surface area contributed by atoms with Crippen LogP contribution in [0.3, 0.4) is 0 Å². The van der Waals surface area contributed by atoms with Crippen molar-refractivity contribution >= 4 is 34.2 Å². The van der Waals surface area contributed by atoms with Crippen LogP contribution >= 0.6 is 11.6 Å². The standard InChI is InChI=1S/C28H23ClFN5O3/c29-23-7-6-20(13-22(23)28(36)37)32-15-25-34-26(16-1-4-19(30)5-2-16)27(35-25)17-3-8-24-18(11-17)12-21(14-33-24)38-10-9-31/h1-8,11-14,32H,9-10,15,31H2,(H,34,35)(H,36,37). The van der Waals surface area contributed by atoms with E-state index in [1.165, 1.54) is 24.3 Å². The number of benzene rings is 3. The van der Waals surface area contributed by atoms with E-state index >= 15 is 0 Å². The third kappa shape index (κ3) is 5.44. The van der Waals surface area contributed by atoms with E-state index in [-0.39, 0.29) is 22.9 Å². The SMILES string of the molecule is NCCOc1cnc2ccc(-c3[nH]c(CNc4ccc(Cl)c(C(=O)O)c4)nc3-c3ccc(F)cc3)cc2c1. The normalized spacial score (nSPS) is 11.0. The number of imidazole rings is 1. The summed E-state index contributed by atoms with van der Waals surface area (Å²) < 4.78 is 19.3. The zero-order chi connectivity index (χ0) is 26.6. The first-order chi connectivity index (χ1) is 18.4. The van der Waals surface area contributed by atoms with Gasteiger partial charge in [-0.1, -0.05) is 17.7 Å². The van der Waals surface area contributed by atoms with Gasteiger partial charge in [0.1, 0.15) is 24.0 Å². The lowest BCUT2D eigenvalue weighted by atomic mass is 10.0. The number of ether oxygens (including phenoxy) is 1. The number of carbonyl (C=O) groups is 1. The van der Waals surface area contributed by atoms with Gasteiger partial charge in [0, 0.05) is 28.7 Å². The molecule has 0 atom stereocenters. The highest BCUT2D eigenvalue weighted by Gasteiger charge is 2.16. The lowest BCUT2D eigenvalue weighted by Gasteiger charge is -2.08. The molecule has 0 bridgehead atoms. The van der Waals surface area contributed by atoms with Gasteiger partial charge in [0.05, 0.1) is 40.2 Å². The first-order valence-corrected chi connectivity index (χ1v) is 12.1. The molecule has 0 unspecified atom stereocenters. The number of anilines is 1. The van der Waals surface area contributed by atoms with Gasteiger partial charge in [-0.2, -0.15) is 0 Å². The summed E-state index contributed by atoms with van der Waals surface area (Å²) in [7, 11) is 0. The van der Waals surface area contributed by atoms with Crippen molar-refractivity contribution in [2.75, 3.05) is 18.5 Å². The molecule has 8 nitrogen and oxygen atoms in total. The predicted octanol–water partition coefficient (Wildman–Crippen LogP) is 5.73. The van der Waals surface area contributed by atoms with Crippen LogP contribution < -0.4 is 15.8 Å². The molecule has 2 aromatic heterocycles. The molecule has 10 heteroatoms. The number of nitrogens with one attached hydrogen (secondary N) is 2. The minimum Gasteiger partial charge on any atom is -0.491 e. The lowest BCUT2D eigenvalue weighted by molar-refractivity contribution is 0.0697. The number of fused-ring (bicyclic) bond motifs is 1. The highest BCUT2D eigenvalue weighted by molar-refractivity contribution is 6.33. The van der Waals surface area contributed by atoms with Gasteiger partial charge in [-0.25, -0.2) is 14.2 Å². The molecular formula is C28H23ClFN5O3. The van der Waals surface area contributed by atoms with Gasteiger partial charge in [0.2, 0.25) is 0 Å². The first-order valence-electron chi connectivity index (χ1n) is 11.8. The highest BCUT2D eigenvalue weighted by Crippen LogP contribution is 2.33. The number of rotatable bonds is 9. The van der Waals surface area contributed by atoms with Gasteiger partial charge < -0.3 is 25.9 Å². The van der Waals surface area contributed by atoms with Crippen LogP contribution in [0, 0.1) is 5.82 Å². The number of aromatic nitrogens is 3. The topological polar surface area (TPSA) is 126 Å². The number of pyridine rings is 1. The third-order valence-electron chi connectivity index (χ3n) is 5.86. The molecule has 0 saturated heterocycles. The molecule has 5 rings (SSSR count). The second kappa shape index (κ2) is 10.9. The van der Waals surface area contributed by atoms with E-state index in [0.717, 1.165) is 27.7 Å². The molecule has 5 aromatic rings. The number of carboxylic acid groups (broad SMARTS) is 1. The Bertz CT molecular complexity index is 1620. The Kier molecular flexibility index (Phi) is 7.21. The van der Waals surface area contributed by atoms with Gasteiger partial charge in [-0.05, 0) is 60.7 Å². The monoisotopic (exact) mass is 531 g/mol. The summed E-state index contributed by atoms with van der Waals surface area (Å²) in [6.45, 7) is 1.07. The molecule has 0 saturated carbocycles. The summed E-state index contributed by atoms with van der Waals surface area (Å²) >= 11 is 5.98. The summed E-state index contributed by atoms with van der Waals surface area (Å²) in [5.41, 5.74) is 9.91. The molecule has 0 aliphatic heterocycles. The molecule has 2 heterocycles. The largest absolute Gasteiger partial charge is 0.491 e. The molecule has 0 radical (unpaired) electrons. The number of hydrogen-bond acceptors (Lipinski definition) is 6. The maximum absolute atomic E-state index is 13.6. The minimum atomic E-state index is -1.11. The van der Waals surface area contributed by atoms with Gasteiger partial charge in [-0.3, -0.25) is 4.98 Å². The Morgan fingerprint density at radius 1 is 1.08 bits per heavy atom. The highest BCUT2D eigenvalue weighted by atomic mass is 35.5. The number of nitrogens with two attached hydrogens (primary N) is 1. The van der Waals surface area contributed by atoms with E-state index in [9.17, 15) is 14.3 Å².